The largest absolute Gasteiger partial charge is 0.278 e. The first-order chi connectivity index (χ1) is 10.6. The highest BCUT2D eigenvalue weighted by Gasteiger charge is 2.33. The van der Waals surface area contributed by atoms with Gasteiger partial charge < -0.3 is 0 Å². The summed E-state index contributed by atoms with van der Waals surface area (Å²) in [5, 5.41) is 2.88. The molecule has 0 aromatic heterocycles. The van der Waals surface area contributed by atoms with Crippen molar-refractivity contribution in [1.29, 1.82) is 0 Å². The van der Waals surface area contributed by atoms with Gasteiger partial charge in [-0.1, -0.05) is 60.7 Å². The average Bonchev–Trinajstić information content (AvgIpc) is 2.52. The van der Waals surface area contributed by atoms with Crippen LogP contribution in [0, 0.1) is 0 Å². The summed E-state index contributed by atoms with van der Waals surface area (Å²) in [5.41, 5.74) is 0.230. The first-order valence-electron chi connectivity index (χ1n) is 7.79. The quantitative estimate of drug-likeness (QED) is 0.794. The lowest BCUT2D eigenvalue weighted by Gasteiger charge is -2.47. The summed E-state index contributed by atoms with van der Waals surface area (Å²) in [5.74, 6) is 0. The highest BCUT2D eigenvalue weighted by atomic mass is 31.1. The topological polar surface area (TPSA) is 6.48 Å². The molecule has 0 bridgehead atoms. The molecule has 4 heteroatoms. The summed E-state index contributed by atoms with van der Waals surface area (Å²) in [7, 11) is 1.56. The maximum atomic E-state index is 2.65. The molecule has 3 rings (SSSR count). The second kappa shape index (κ2) is 7.20. The average molecular weight is 330 g/mol. The number of hydrogen-bond donors (Lipinski definition) is 0. The fraction of sp³-hybridized carbons (Fsp3) is 0.333. The molecule has 1 aliphatic rings. The molecule has 0 N–H and O–H groups in total. The Labute approximate surface area is 137 Å². The summed E-state index contributed by atoms with van der Waals surface area (Å²) in [6.07, 6.45) is 0. The summed E-state index contributed by atoms with van der Waals surface area (Å²) >= 11 is 0. The van der Waals surface area contributed by atoms with Crippen molar-refractivity contribution in [2.45, 2.75) is 19.4 Å². The van der Waals surface area contributed by atoms with Gasteiger partial charge >= 0.3 is 0 Å². The number of hydrogen-bond acceptors (Lipinski definition) is 2. The molecule has 1 heterocycles. The van der Waals surface area contributed by atoms with Gasteiger partial charge in [0.2, 0.25) is 0 Å². The van der Waals surface area contributed by atoms with Gasteiger partial charge in [-0.05, 0) is 41.9 Å². The van der Waals surface area contributed by atoms with Gasteiger partial charge in [-0.15, -0.1) is 0 Å². The van der Waals surface area contributed by atoms with Crippen LogP contribution in [0.2, 0.25) is 0 Å². The Morgan fingerprint density at radius 1 is 0.773 bits per heavy atom. The van der Waals surface area contributed by atoms with Crippen molar-refractivity contribution >= 4 is 28.1 Å². The highest BCUT2D eigenvalue weighted by molar-refractivity contribution is 7.45. The molecule has 2 aromatic carbocycles. The van der Waals surface area contributed by atoms with Crippen molar-refractivity contribution in [2.24, 2.45) is 0 Å². The summed E-state index contributed by atoms with van der Waals surface area (Å²) in [6, 6.07) is 21.7. The Kier molecular flexibility index (Phi) is 5.26. The zero-order valence-electron chi connectivity index (χ0n) is 13.3. The van der Waals surface area contributed by atoms with Crippen LogP contribution in [0.1, 0.15) is 13.8 Å². The maximum Gasteiger partial charge on any atom is 0.0321 e. The molecule has 22 heavy (non-hydrogen) atoms. The minimum atomic E-state index is 0.230. The molecular weight excluding hydrogens is 306 g/mol. The second-order valence-corrected chi connectivity index (χ2v) is 9.12. The molecule has 1 saturated heterocycles. The van der Waals surface area contributed by atoms with Crippen LogP contribution in [-0.4, -0.2) is 34.5 Å². The molecule has 116 valence electrons. The van der Waals surface area contributed by atoms with E-state index in [1.165, 1.54) is 10.6 Å². The molecule has 0 aliphatic carbocycles. The molecule has 2 atom stereocenters. The Morgan fingerprint density at radius 2 is 1.32 bits per heavy atom. The molecule has 0 saturated carbocycles. The second-order valence-electron chi connectivity index (χ2n) is 6.34. The third kappa shape index (κ3) is 4.15. The van der Waals surface area contributed by atoms with Gasteiger partial charge in [-0.3, -0.25) is 9.34 Å². The molecule has 2 aromatic rings. The highest BCUT2D eigenvalue weighted by Crippen LogP contribution is 2.35. The monoisotopic (exact) mass is 330 g/mol. The summed E-state index contributed by atoms with van der Waals surface area (Å²) in [6.45, 7) is 8.21. The predicted molar refractivity (Wildman–Crippen MR) is 101 cm³/mol. The van der Waals surface area contributed by atoms with E-state index < -0.39 is 0 Å². The molecular formula is C18H24N2P2. The van der Waals surface area contributed by atoms with Crippen LogP contribution in [0.5, 0.6) is 0 Å². The lowest BCUT2D eigenvalue weighted by atomic mass is 10.0. The normalized spacial score (nSPS) is 20.3. The van der Waals surface area contributed by atoms with Crippen LogP contribution in [0.15, 0.2) is 60.7 Å². The lowest BCUT2D eigenvalue weighted by Crippen LogP contribution is -2.54. The van der Waals surface area contributed by atoms with Crippen molar-refractivity contribution < 1.29 is 0 Å². The smallest absolute Gasteiger partial charge is 0.0321 e. The van der Waals surface area contributed by atoms with E-state index in [1.807, 2.05) is 0 Å². The van der Waals surface area contributed by atoms with E-state index in [9.17, 15) is 0 Å². The summed E-state index contributed by atoms with van der Waals surface area (Å²) in [4.78, 5) is 0. The van der Waals surface area contributed by atoms with Gasteiger partial charge in [-0.25, -0.2) is 0 Å². The summed E-state index contributed by atoms with van der Waals surface area (Å²) < 4.78 is 5.26. The van der Waals surface area contributed by atoms with Gasteiger partial charge in [0.05, 0.1) is 0 Å². The predicted octanol–water partition coefficient (Wildman–Crippen LogP) is 3.22. The minimum absolute atomic E-state index is 0.230. The molecule has 1 fully saturated rings. The number of benzene rings is 2. The van der Waals surface area contributed by atoms with Crippen LogP contribution in [0.25, 0.3) is 0 Å². The van der Waals surface area contributed by atoms with Gasteiger partial charge in [-0.2, -0.15) is 0 Å². The lowest BCUT2D eigenvalue weighted by molar-refractivity contribution is 0.148. The van der Waals surface area contributed by atoms with E-state index in [2.05, 4.69) is 83.9 Å². The molecule has 0 radical (unpaired) electrons. The van der Waals surface area contributed by atoms with E-state index in [0.717, 1.165) is 37.1 Å². The van der Waals surface area contributed by atoms with Crippen molar-refractivity contribution in [3.8, 4) is 0 Å². The minimum Gasteiger partial charge on any atom is -0.278 e. The zero-order chi connectivity index (χ0) is 15.4. The molecule has 2 unspecified atom stereocenters. The first-order valence-corrected chi connectivity index (χ1v) is 9.69. The fourth-order valence-corrected chi connectivity index (χ4v) is 5.44. The van der Waals surface area contributed by atoms with E-state index in [0.29, 0.717) is 0 Å². The van der Waals surface area contributed by atoms with Crippen LogP contribution in [-0.2, 0) is 0 Å². The molecule has 2 nitrogen and oxygen atoms in total. The van der Waals surface area contributed by atoms with Crippen LogP contribution < -0.4 is 10.6 Å². The molecule has 1 aliphatic heterocycles. The standard InChI is InChI=1S/C18H24N2P2/c1-18(2)15-19(21-16-9-5-3-6-10-16)13-14-20(18)22-17-11-7-4-8-12-17/h3-12,21-22H,13-15H2,1-2H3. The third-order valence-electron chi connectivity index (χ3n) is 4.00. The fourth-order valence-electron chi connectivity index (χ4n) is 2.82. The zero-order valence-corrected chi connectivity index (χ0v) is 15.3. The van der Waals surface area contributed by atoms with Crippen molar-refractivity contribution in [2.75, 3.05) is 19.6 Å². The number of piperazine rings is 1. The first kappa shape index (κ1) is 16.1. The molecule has 0 amide bonds. The van der Waals surface area contributed by atoms with E-state index >= 15 is 0 Å². The maximum absolute atomic E-state index is 2.65. The van der Waals surface area contributed by atoms with Gasteiger partial charge in [0, 0.05) is 25.2 Å². The van der Waals surface area contributed by atoms with E-state index in [1.54, 1.807) is 0 Å². The van der Waals surface area contributed by atoms with E-state index in [-0.39, 0.29) is 5.54 Å². The Balaban J connectivity index is 1.62. The van der Waals surface area contributed by atoms with Gasteiger partial charge in [0.25, 0.3) is 0 Å². The van der Waals surface area contributed by atoms with Crippen LogP contribution in [0.3, 0.4) is 0 Å². The van der Waals surface area contributed by atoms with Crippen molar-refractivity contribution in [3.63, 3.8) is 0 Å². The molecule has 0 spiro atoms. The Hall–Kier alpha value is -0.780. The number of nitrogens with zero attached hydrogens (tertiary/aromatic N) is 2. The van der Waals surface area contributed by atoms with Crippen molar-refractivity contribution in [3.05, 3.63) is 60.7 Å². The van der Waals surface area contributed by atoms with Gasteiger partial charge in [0.15, 0.2) is 0 Å². The Morgan fingerprint density at radius 3 is 1.86 bits per heavy atom. The third-order valence-corrected chi connectivity index (χ3v) is 6.98. The Bertz CT molecular complexity index is 587. The van der Waals surface area contributed by atoms with Gasteiger partial charge in [0.1, 0.15) is 0 Å². The van der Waals surface area contributed by atoms with Crippen LogP contribution in [0.4, 0.5) is 0 Å². The SMILES string of the molecule is CC1(C)CN(Pc2ccccc2)CCN1Pc1ccccc1. The van der Waals surface area contributed by atoms with Crippen molar-refractivity contribution in [1.82, 2.24) is 9.34 Å². The number of rotatable bonds is 4. The van der Waals surface area contributed by atoms with E-state index in [4.69, 9.17) is 0 Å². The van der Waals surface area contributed by atoms with Crippen LogP contribution >= 0.6 is 17.5 Å².